The van der Waals surface area contributed by atoms with Crippen molar-refractivity contribution in [1.82, 2.24) is 24.6 Å². The number of hydrogen-bond donors (Lipinski definition) is 2. The number of aliphatic hydroxyl groups is 1. The third kappa shape index (κ3) is 3.41. The number of aromatic nitrogens is 4. The number of amides is 1. The molecule has 0 bridgehead atoms. The van der Waals surface area contributed by atoms with Crippen LogP contribution in [0.1, 0.15) is 47.8 Å². The molecular weight excluding hydrogens is 332 g/mol. The van der Waals surface area contributed by atoms with Crippen LogP contribution in [0.2, 0.25) is 0 Å². The van der Waals surface area contributed by atoms with Crippen molar-refractivity contribution in [2.75, 3.05) is 18.4 Å². The van der Waals surface area contributed by atoms with Gasteiger partial charge in [0.2, 0.25) is 0 Å². The average Bonchev–Trinajstić information content (AvgIpc) is 3.28. The Labute approximate surface area is 152 Å². The van der Waals surface area contributed by atoms with Crippen LogP contribution in [0.4, 0.5) is 5.82 Å². The normalized spacial score (nSPS) is 23.5. The molecule has 1 saturated heterocycles. The van der Waals surface area contributed by atoms with Crippen LogP contribution in [0, 0.1) is 5.92 Å². The van der Waals surface area contributed by atoms with Crippen molar-refractivity contribution in [2.24, 2.45) is 13.0 Å². The lowest BCUT2D eigenvalue weighted by molar-refractivity contribution is 0.0339. The van der Waals surface area contributed by atoms with Crippen LogP contribution in [0.25, 0.3) is 0 Å². The molecular formula is C18H24N6O2. The highest BCUT2D eigenvalue weighted by Gasteiger charge is 2.35. The van der Waals surface area contributed by atoms with Gasteiger partial charge < -0.3 is 15.3 Å². The summed E-state index contributed by atoms with van der Waals surface area (Å²) in [4.78, 5) is 23.1. The molecule has 2 aromatic rings. The molecule has 2 aromatic heterocycles. The van der Waals surface area contributed by atoms with Crippen LogP contribution in [0.3, 0.4) is 0 Å². The number of carbonyl (C=O) groups is 1. The highest BCUT2D eigenvalue weighted by Crippen LogP contribution is 2.39. The van der Waals surface area contributed by atoms with Gasteiger partial charge in [-0.3, -0.25) is 14.5 Å². The Hall–Kier alpha value is -2.48. The number of likely N-dealkylation sites (tertiary alicyclic amines) is 1. The van der Waals surface area contributed by atoms with Crippen molar-refractivity contribution in [1.29, 1.82) is 0 Å². The maximum absolute atomic E-state index is 12.6. The number of carbonyl (C=O) groups excluding carboxylic acids is 1. The molecule has 1 aliphatic heterocycles. The predicted molar refractivity (Wildman–Crippen MR) is 95.5 cm³/mol. The van der Waals surface area contributed by atoms with E-state index in [1.165, 1.54) is 6.20 Å². The van der Waals surface area contributed by atoms with Gasteiger partial charge in [-0.15, -0.1) is 0 Å². The molecule has 1 saturated carbocycles. The first-order valence-electron chi connectivity index (χ1n) is 9.14. The van der Waals surface area contributed by atoms with Crippen molar-refractivity contribution >= 4 is 11.7 Å². The van der Waals surface area contributed by atoms with Gasteiger partial charge in [-0.1, -0.05) is 0 Å². The van der Waals surface area contributed by atoms with E-state index in [4.69, 9.17) is 0 Å². The predicted octanol–water partition coefficient (Wildman–Crippen LogP) is 1.37. The molecule has 0 aromatic carbocycles. The summed E-state index contributed by atoms with van der Waals surface area (Å²) in [6, 6.07) is -0.0152. The van der Waals surface area contributed by atoms with Crippen molar-refractivity contribution in [3.8, 4) is 0 Å². The quantitative estimate of drug-likeness (QED) is 0.840. The van der Waals surface area contributed by atoms with Crippen LogP contribution < -0.4 is 5.32 Å². The van der Waals surface area contributed by atoms with Crippen molar-refractivity contribution in [2.45, 2.75) is 37.8 Å². The van der Waals surface area contributed by atoms with Crippen LogP contribution in [0.5, 0.6) is 0 Å². The number of anilines is 1. The summed E-state index contributed by atoms with van der Waals surface area (Å²) in [5.41, 5.74) is 1.41. The highest BCUT2D eigenvalue weighted by molar-refractivity contribution is 5.92. The molecule has 1 unspecified atom stereocenters. The third-order valence-corrected chi connectivity index (χ3v) is 5.26. The van der Waals surface area contributed by atoms with Crippen LogP contribution in [-0.2, 0) is 7.05 Å². The largest absolute Gasteiger partial charge is 0.393 e. The van der Waals surface area contributed by atoms with Gasteiger partial charge in [0, 0.05) is 31.9 Å². The van der Waals surface area contributed by atoms with Gasteiger partial charge in [0.15, 0.2) is 0 Å². The molecule has 26 heavy (non-hydrogen) atoms. The molecule has 8 nitrogen and oxygen atoms in total. The number of hydrogen-bond acceptors (Lipinski definition) is 6. The van der Waals surface area contributed by atoms with E-state index in [0.717, 1.165) is 44.3 Å². The summed E-state index contributed by atoms with van der Waals surface area (Å²) >= 11 is 0. The first kappa shape index (κ1) is 17.0. The van der Waals surface area contributed by atoms with Crippen LogP contribution in [-0.4, -0.2) is 54.9 Å². The minimum atomic E-state index is -0.241. The standard InChI is InChI=1S/C18H24N6O2/c1-23-11-13(8-20-23)17(12-6-14(25)7-12)22-16-10-19-9-15(21-16)18(26)24-4-2-3-5-24/h8-12,14,17,25H,2-7H2,1H3,(H,21,22). The molecule has 2 N–H and O–H groups in total. The first-order chi connectivity index (χ1) is 12.6. The van der Waals surface area contributed by atoms with E-state index in [9.17, 15) is 9.90 Å². The van der Waals surface area contributed by atoms with E-state index in [-0.39, 0.29) is 18.1 Å². The summed E-state index contributed by atoms with van der Waals surface area (Å²) < 4.78 is 1.76. The molecule has 8 heteroatoms. The highest BCUT2D eigenvalue weighted by atomic mass is 16.3. The number of nitrogens with one attached hydrogen (secondary N) is 1. The minimum Gasteiger partial charge on any atom is -0.393 e. The Bertz CT molecular complexity index is 779. The molecule has 2 aliphatic rings. The number of nitrogens with zero attached hydrogens (tertiary/aromatic N) is 5. The second-order valence-corrected chi connectivity index (χ2v) is 7.24. The lowest BCUT2D eigenvalue weighted by Gasteiger charge is -2.37. The zero-order valence-electron chi connectivity index (χ0n) is 14.9. The van der Waals surface area contributed by atoms with Gasteiger partial charge in [0.25, 0.3) is 5.91 Å². The Kier molecular flexibility index (Phi) is 4.58. The van der Waals surface area contributed by atoms with Gasteiger partial charge >= 0.3 is 0 Å². The van der Waals surface area contributed by atoms with Crippen molar-refractivity contribution in [3.63, 3.8) is 0 Å². The fourth-order valence-corrected chi connectivity index (χ4v) is 3.76. The van der Waals surface area contributed by atoms with Gasteiger partial charge in [-0.05, 0) is 31.6 Å². The molecule has 1 amide bonds. The topological polar surface area (TPSA) is 96.2 Å². The Morgan fingerprint density at radius 2 is 2.04 bits per heavy atom. The smallest absolute Gasteiger partial charge is 0.274 e. The number of aryl methyl sites for hydroxylation is 1. The molecule has 0 spiro atoms. The van der Waals surface area contributed by atoms with E-state index in [1.54, 1.807) is 10.9 Å². The monoisotopic (exact) mass is 356 g/mol. The number of rotatable bonds is 5. The summed E-state index contributed by atoms with van der Waals surface area (Å²) in [5, 5.41) is 17.4. The van der Waals surface area contributed by atoms with Gasteiger partial charge in [0.1, 0.15) is 11.5 Å². The molecule has 0 radical (unpaired) electrons. The van der Waals surface area contributed by atoms with Gasteiger partial charge in [-0.25, -0.2) is 4.98 Å². The SMILES string of the molecule is Cn1cc(C(Nc2cncc(C(=O)N3CCCC3)n2)C2CC(O)C2)cn1. The first-order valence-corrected chi connectivity index (χ1v) is 9.14. The molecule has 4 rings (SSSR count). The van der Waals surface area contributed by atoms with Crippen LogP contribution in [0.15, 0.2) is 24.8 Å². The Balaban J connectivity index is 1.53. The fraction of sp³-hybridized carbons (Fsp3) is 0.556. The summed E-state index contributed by atoms with van der Waals surface area (Å²) in [5.74, 6) is 0.815. The van der Waals surface area contributed by atoms with Crippen LogP contribution >= 0.6 is 0 Å². The summed E-state index contributed by atoms with van der Waals surface area (Å²) in [6.07, 6.45) is 10.3. The van der Waals surface area contributed by atoms with E-state index < -0.39 is 0 Å². The van der Waals surface area contributed by atoms with E-state index in [1.807, 2.05) is 24.3 Å². The zero-order chi connectivity index (χ0) is 18.1. The van der Waals surface area contributed by atoms with E-state index in [0.29, 0.717) is 17.4 Å². The van der Waals surface area contributed by atoms with E-state index in [2.05, 4.69) is 20.4 Å². The second kappa shape index (κ2) is 7.03. The van der Waals surface area contributed by atoms with Crippen molar-refractivity contribution < 1.29 is 9.90 Å². The molecule has 138 valence electrons. The van der Waals surface area contributed by atoms with E-state index >= 15 is 0 Å². The third-order valence-electron chi connectivity index (χ3n) is 5.26. The summed E-state index contributed by atoms with van der Waals surface area (Å²) in [7, 11) is 1.88. The Morgan fingerprint density at radius 3 is 2.69 bits per heavy atom. The zero-order valence-corrected chi connectivity index (χ0v) is 14.9. The number of aliphatic hydroxyl groups excluding tert-OH is 1. The fourth-order valence-electron chi connectivity index (χ4n) is 3.76. The molecule has 3 heterocycles. The maximum atomic E-state index is 12.6. The molecule has 1 aliphatic carbocycles. The average molecular weight is 356 g/mol. The Morgan fingerprint density at radius 1 is 1.27 bits per heavy atom. The lowest BCUT2D eigenvalue weighted by atomic mass is 9.75. The second-order valence-electron chi connectivity index (χ2n) is 7.24. The van der Waals surface area contributed by atoms with Gasteiger partial charge in [-0.2, -0.15) is 5.10 Å². The minimum absolute atomic E-state index is 0.0152. The summed E-state index contributed by atoms with van der Waals surface area (Å²) in [6.45, 7) is 1.58. The van der Waals surface area contributed by atoms with Crippen molar-refractivity contribution in [3.05, 3.63) is 36.0 Å². The molecule has 1 atom stereocenters. The maximum Gasteiger partial charge on any atom is 0.274 e. The molecule has 2 fully saturated rings. The lowest BCUT2D eigenvalue weighted by Crippen LogP contribution is -2.36. The van der Waals surface area contributed by atoms with Gasteiger partial charge in [0.05, 0.1) is 30.7 Å².